The highest BCUT2D eigenvalue weighted by Crippen LogP contribution is 2.28. The predicted molar refractivity (Wildman–Crippen MR) is 81.6 cm³/mol. The lowest BCUT2D eigenvalue weighted by molar-refractivity contribution is 0.0940. The zero-order chi connectivity index (χ0) is 13.9. The molecule has 1 aromatic heterocycles. The van der Waals surface area contributed by atoms with E-state index in [1.165, 1.54) is 0 Å². The van der Waals surface area contributed by atoms with Crippen LogP contribution in [-0.4, -0.2) is 10.5 Å². The molecule has 0 spiro atoms. The standard InChI is InChI=1S/C18H15NO/c1-14(20)19-17(15-8-4-2-5-9-15)12-13-18(19)16-10-6-3-7-11-16/h2-13H,1H3. The molecule has 0 atom stereocenters. The van der Waals surface area contributed by atoms with Crippen molar-refractivity contribution >= 4 is 5.91 Å². The molecule has 3 aromatic rings. The molecule has 2 heteroatoms. The number of aromatic nitrogens is 1. The molecule has 0 N–H and O–H groups in total. The minimum absolute atomic E-state index is 0.0210. The first kappa shape index (κ1) is 12.4. The number of benzene rings is 2. The van der Waals surface area contributed by atoms with E-state index in [4.69, 9.17) is 0 Å². The van der Waals surface area contributed by atoms with E-state index < -0.39 is 0 Å². The lowest BCUT2D eigenvalue weighted by atomic mass is 10.1. The van der Waals surface area contributed by atoms with Crippen molar-refractivity contribution in [2.75, 3.05) is 0 Å². The van der Waals surface area contributed by atoms with Gasteiger partial charge in [0.05, 0.1) is 11.4 Å². The van der Waals surface area contributed by atoms with Gasteiger partial charge in [-0.15, -0.1) is 0 Å². The van der Waals surface area contributed by atoms with Crippen LogP contribution in [0.25, 0.3) is 22.5 Å². The number of carbonyl (C=O) groups excluding carboxylic acids is 1. The maximum absolute atomic E-state index is 12.1. The van der Waals surface area contributed by atoms with Gasteiger partial charge in [-0.2, -0.15) is 0 Å². The van der Waals surface area contributed by atoms with Gasteiger partial charge in [0.1, 0.15) is 0 Å². The third-order valence-corrected chi connectivity index (χ3v) is 3.33. The summed E-state index contributed by atoms with van der Waals surface area (Å²) < 4.78 is 1.77. The SMILES string of the molecule is CC(=O)n1c(-c2ccccc2)ccc1-c1ccccc1. The van der Waals surface area contributed by atoms with Crippen molar-refractivity contribution in [2.45, 2.75) is 6.92 Å². The molecule has 0 aliphatic heterocycles. The van der Waals surface area contributed by atoms with Gasteiger partial charge in [-0.25, -0.2) is 0 Å². The summed E-state index contributed by atoms with van der Waals surface area (Å²) in [6.07, 6.45) is 0. The van der Waals surface area contributed by atoms with Crippen molar-refractivity contribution in [1.82, 2.24) is 4.57 Å². The Bertz CT molecular complexity index is 670. The summed E-state index contributed by atoms with van der Waals surface area (Å²) in [6.45, 7) is 1.60. The smallest absolute Gasteiger partial charge is 0.228 e. The fourth-order valence-corrected chi connectivity index (χ4v) is 2.44. The Hall–Kier alpha value is -2.61. The first-order valence-corrected chi connectivity index (χ1v) is 6.61. The highest BCUT2D eigenvalue weighted by molar-refractivity contribution is 5.88. The summed E-state index contributed by atoms with van der Waals surface area (Å²) in [5, 5.41) is 0. The summed E-state index contributed by atoms with van der Waals surface area (Å²) in [6, 6.07) is 23.9. The molecule has 0 saturated heterocycles. The molecule has 0 bridgehead atoms. The van der Waals surface area contributed by atoms with Crippen LogP contribution in [0.4, 0.5) is 0 Å². The van der Waals surface area contributed by atoms with Crippen LogP contribution in [0.2, 0.25) is 0 Å². The van der Waals surface area contributed by atoms with Crippen molar-refractivity contribution < 1.29 is 4.79 Å². The molecule has 0 unspecified atom stereocenters. The minimum atomic E-state index is 0.0210. The van der Waals surface area contributed by atoms with Crippen molar-refractivity contribution in [3.63, 3.8) is 0 Å². The maximum atomic E-state index is 12.1. The Balaban J connectivity index is 2.20. The van der Waals surface area contributed by atoms with E-state index in [0.29, 0.717) is 0 Å². The van der Waals surface area contributed by atoms with Gasteiger partial charge in [0.15, 0.2) is 0 Å². The molecule has 0 aliphatic carbocycles. The van der Waals surface area contributed by atoms with Crippen LogP contribution in [0.1, 0.15) is 11.7 Å². The molecule has 0 fully saturated rings. The van der Waals surface area contributed by atoms with E-state index in [2.05, 4.69) is 0 Å². The lowest BCUT2D eigenvalue weighted by Crippen LogP contribution is -2.08. The monoisotopic (exact) mass is 261 g/mol. The highest BCUT2D eigenvalue weighted by Gasteiger charge is 2.14. The normalized spacial score (nSPS) is 10.4. The fraction of sp³-hybridized carbons (Fsp3) is 0.0556. The van der Waals surface area contributed by atoms with Crippen LogP contribution in [0, 0.1) is 0 Å². The maximum Gasteiger partial charge on any atom is 0.228 e. The van der Waals surface area contributed by atoms with E-state index >= 15 is 0 Å². The molecule has 0 amide bonds. The Morgan fingerprint density at radius 1 is 0.700 bits per heavy atom. The van der Waals surface area contributed by atoms with Gasteiger partial charge in [-0.3, -0.25) is 9.36 Å². The average molecular weight is 261 g/mol. The average Bonchev–Trinajstić information content (AvgIpc) is 2.94. The Labute approximate surface area is 118 Å². The van der Waals surface area contributed by atoms with Crippen LogP contribution in [-0.2, 0) is 0 Å². The fourth-order valence-electron chi connectivity index (χ4n) is 2.44. The molecule has 2 aromatic carbocycles. The Morgan fingerprint density at radius 2 is 1.10 bits per heavy atom. The van der Waals surface area contributed by atoms with Gasteiger partial charge in [0, 0.05) is 6.92 Å². The molecule has 0 saturated carbocycles. The van der Waals surface area contributed by atoms with E-state index in [9.17, 15) is 4.79 Å². The van der Waals surface area contributed by atoms with Gasteiger partial charge in [0.2, 0.25) is 5.91 Å². The van der Waals surface area contributed by atoms with Crippen LogP contribution < -0.4 is 0 Å². The van der Waals surface area contributed by atoms with Crippen molar-refractivity contribution in [2.24, 2.45) is 0 Å². The molecule has 3 rings (SSSR count). The highest BCUT2D eigenvalue weighted by atomic mass is 16.1. The van der Waals surface area contributed by atoms with Gasteiger partial charge in [-0.1, -0.05) is 60.7 Å². The largest absolute Gasteiger partial charge is 0.280 e. The number of hydrogen-bond donors (Lipinski definition) is 0. The van der Waals surface area contributed by atoms with E-state index in [1.807, 2.05) is 72.8 Å². The number of rotatable bonds is 2. The summed E-state index contributed by atoms with van der Waals surface area (Å²) in [4.78, 5) is 12.1. The molecule has 0 aliphatic rings. The van der Waals surface area contributed by atoms with E-state index in [1.54, 1.807) is 11.5 Å². The number of carbonyl (C=O) groups is 1. The second-order valence-electron chi connectivity index (χ2n) is 4.69. The summed E-state index contributed by atoms with van der Waals surface area (Å²) in [5.41, 5.74) is 3.95. The second kappa shape index (κ2) is 5.17. The molecular formula is C18H15NO. The lowest BCUT2D eigenvalue weighted by Gasteiger charge is -2.10. The first-order chi connectivity index (χ1) is 9.77. The Kier molecular flexibility index (Phi) is 3.21. The topological polar surface area (TPSA) is 22.0 Å². The molecule has 1 heterocycles. The quantitative estimate of drug-likeness (QED) is 0.666. The van der Waals surface area contributed by atoms with Gasteiger partial charge in [-0.05, 0) is 23.3 Å². The summed E-state index contributed by atoms with van der Waals surface area (Å²) in [5.74, 6) is 0.0210. The van der Waals surface area contributed by atoms with Crippen molar-refractivity contribution in [1.29, 1.82) is 0 Å². The molecular weight excluding hydrogens is 246 g/mol. The zero-order valence-corrected chi connectivity index (χ0v) is 11.3. The van der Waals surface area contributed by atoms with E-state index in [-0.39, 0.29) is 5.91 Å². The van der Waals surface area contributed by atoms with Crippen LogP contribution >= 0.6 is 0 Å². The van der Waals surface area contributed by atoms with Crippen molar-refractivity contribution in [3.05, 3.63) is 72.8 Å². The van der Waals surface area contributed by atoms with Crippen molar-refractivity contribution in [3.8, 4) is 22.5 Å². The first-order valence-electron chi connectivity index (χ1n) is 6.61. The van der Waals surface area contributed by atoms with Gasteiger partial charge < -0.3 is 0 Å². The van der Waals surface area contributed by atoms with Crippen LogP contribution in [0.3, 0.4) is 0 Å². The third kappa shape index (κ3) is 2.16. The van der Waals surface area contributed by atoms with Crippen LogP contribution in [0.15, 0.2) is 72.8 Å². The minimum Gasteiger partial charge on any atom is -0.280 e. The molecule has 0 radical (unpaired) electrons. The van der Waals surface area contributed by atoms with E-state index in [0.717, 1.165) is 22.5 Å². The summed E-state index contributed by atoms with van der Waals surface area (Å²) >= 11 is 0. The molecule has 2 nitrogen and oxygen atoms in total. The van der Waals surface area contributed by atoms with Gasteiger partial charge >= 0.3 is 0 Å². The number of hydrogen-bond acceptors (Lipinski definition) is 1. The summed E-state index contributed by atoms with van der Waals surface area (Å²) in [7, 11) is 0. The number of nitrogens with zero attached hydrogens (tertiary/aromatic N) is 1. The van der Waals surface area contributed by atoms with Crippen LogP contribution in [0.5, 0.6) is 0 Å². The second-order valence-corrected chi connectivity index (χ2v) is 4.69. The zero-order valence-electron chi connectivity index (χ0n) is 11.3. The molecule has 98 valence electrons. The van der Waals surface area contributed by atoms with Gasteiger partial charge in [0.25, 0.3) is 0 Å². The Morgan fingerprint density at radius 3 is 1.45 bits per heavy atom. The third-order valence-electron chi connectivity index (χ3n) is 3.33. The molecule has 20 heavy (non-hydrogen) atoms. The predicted octanol–water partition coefficient (Wildman–Crippen LogP) is 4.48.